The molecular formula is C19H20ClN5O4S. The molecule has 2 N–H and O–H groups in total. The topological polar surface area (TPSA) is 114 Å². The van der Waals surface area contributed by atoms with Gasteiger partial charge in [-0.15, -0.1) is 0 Å². The molecule has 1 atom stereocenters. The number of carbonyl (C=O) groups is 1. The minimum Gasteiger partial charge on any atom is -0.360 e. The third kappa shape index (κ3) is 4.29. The number of hydrogen-bond donors (Lipinski definition) is 2. The molecule has 3 rings (SSSR count). The van der Waals surface area contributed by atoms with Crippen molar-refractivity contribution in [1.29, 1.82) is 0 Å². The van der Waals surface area contributed by atoms with Crippen molar-refractivity contribution in [1.82, 2.24) is 15.4 Å². The van der Waals surface area contributed by atoms with Gasteiger partial charge in [-0.2, -0.15) is 0 Å². The van der Waals surface area contributed by atoms with Crippen LogP contribution in [0.4, 0.5) is 11.5 Å². The van der Waals surface area contributed by atoms with Crippen LogP contribution in [0, 0.1) is 17.0 Å². The molecule has 0 aliphatic carbocycles. The highest BCUT2D eigenvalue weighted by molar-refractivity contribution is 7.80. The van der Waals surface area contributed by atoms with E-state index < -0.39 is 16.9 Å². The van der Waals surface area contributed by atoms with Crippen LogP contribution in [0.15, 0.2) is 40.1 Å². The molecule has 0 saturated carbocycles. The van der Waals surface area contributed by atoms with Crippen LogP contribution in [0.3, 0.4) is 0 Å². The number of benzene rings is 1. The molecule has 1 amide bonds. The van der Waals surface area contributed by atoms with E-state index >= 15 is 0 Å². The largest absolute Gasteiger partial charge is 0.360 e. The maximum atomic E-state index is 13.2. The van der Waals surface area contributed by atoms with E-state index in [0.717, 1.165) is 6.42 Å². The fourth-order valence-electron chi connectivity index (χ4n) is 3.28. The molecule has 30 heavy (non-hydrogen) atoms. The van der Waals surface area contributed by atoms with Crippen molar-refractivity contribution in [3.8, 4) is 0 Å². The van der Waals surface area contributed by atoms with Gasteiger partial charge in [0.1, 0.15) is 10.8 Å². The van der Waals surface area contributed by atoms with Crippen molar-refractivity contribution < 1.29 is 14.2 Å². The van der Waals surface area contributed by atoms with Gasteiger partial charge >= 0.3 is 0 Å². The summed E-state index contributed by atoms with van der Waals surface area (Å²) >= 11 is 11.4. The Bertz CT molecular complexity index is 1050. The fraction of sp³-hybridized carbons (Fsp3) is 0.316. The number of nitrogens with one attached hydrogen (secondary N) is 2. The Morgan fingerprint density at radius 3 is 2.77 bits per heavy atom. The van der Waals surface area contributed by atoms with Crippen LogP contribution in [-0.4, -0.2) is 32.5 Å². The second-order valence-corrected chi connectivity index (χ2v) is 7.57. The number of rotatable bonds is 6. The van der Waals surface area contributed by atoms with Gasteiger partial charge in [0, 0.05) is 24.4 Å². The van der Waals surface area contributed by atoms with Crippen molar-refractivity contribution in [2.45, 2.75) is 33.2 Å². The number of nitrogens with zero attached hydrogens (tertiary/aromatic N) is 3. The lowest BCUT2D eigenvalue weighted by Gasteiger charge is -2.37. The van der Waals surface area contributed by atoms with Crippen molar-refractivity contribution in [3.63, 3.8) is 0 Å². The van der Waals surface area contributed by atoms with E-state index in [1.165, 1.54) is 12.1 Å². The Balaban J connectivity index is 2.07. The molecule has 9 nitrogen and oxygen atoms in total. The van der Waals surface area contributed by atoms with Crippen molar-refractivity contribution in [2.24, 2.45) is 0 Å². The molecule has 0 bridgehead atoms. The number of nitro benzene ring substituents is 1. The quantitative estimate of drug-likeness (QED) is 0.385. The molecule has 2 heterocycles. The molecule has 0 saturated heterocycles. The van der Waals surface area contributed by atoms with Crippen LogP contribution in [0.25, 0.3) is 0 Å². The van der Waals surface area contributed by atoms with Crippen LogP contribution in [0.1, 0.15) is 37.6 Å². The number of hydrogen-bond acceptors (Lipinski definition) is 6. The van der Waals surface area contributed by atoms with Crippen LogP contribution in [-0.2, 0) is 4.79 Å². The predicted octanol–water partition coefficient (Wildman–Crippen LogP) is 4.10. The zero-order valence-corrected chi connectivity index (χ0v) is 18.1. The highest BCUT2D eigenvalue weighted by atomic mass is 35.5. The molecule has 0 fully saturated rings. The molecule has 0 spiro atoms. The van der Waals surface area contributed by atoms with E-state index in [1.807, 2.05) is 11.8 Å². The lowest BCUT2D eigenvalue weighted by molar-refractivity contribution is -0.384. The number of aromatic nitrogens is 1. The Morgan fingerprint density at radius 2 is 2.17 bits per heavy atom. The lowest BCUT2D eigenvalue weighted by atomic mass is 9.94. The van der Waals surface area contributed by atoms with Crippen LogP contribution in [0.2, 0.25) is 5.02 Å². The third-order valence-electron chi connectivity index (χ3n) is 4.66. The molecule has 0 unspecified atom stereocenters. The Hall–Kier alpha value is -2.98. The van der Waals surface area contributed by atoms with Gasteiger partial charge in [0.15, 0.2) is 10.9 Å². The van der Waals surface area contributed by atoms with Crippen LogP contribution < -0.4 is 10.6 Å². The average Bonchev–Trinajstić information content (AvgIpc) is 3.09. The summed E-state index contributed by atoms with van der Waals surface area (Å²) in [5.74, 6) is 0.407. The van der Waals surface area contributed by atoms with Crippen molar-refractivity contribution in [2.75, 3.05) is 11.9 Å². The summed E-state index contributed by atoms with van der Waals surface area (Å²) in [5.41, 5.74) is 1.27. The van der Waals surface area contributed by atoms with Crippen LogP contribution >= 0.6 is 23.8 Å². The Labute approximate surface area is 183 Å². The van der Waals surface area contributed by atoms with E-state index in [0.29, 0.717) is 34.3 Å². The number of thiocarbonyl (C=S) groups is 1. The lowest BCUT2D eigenvalue weighted by Crippen LogP contribution is -2.48. The van der Waals surface area contributed by atoms with E-state index in [9.17, 15) is 14.9 Å². The zero-order valence-electron chi connectivity index (χ0n) is 16.6. The molecule has 1 aromatic carbocycles. The zero-order chi connectivity index (χ0) is 22.0. The molecule has 2 aromatic rings. The molecular weight excluding hydrogens is 430 g/mol. The van der Waals surface area contributed by atoms with Crippen molar-refractivity contribution >= 4 is 46.3 Å². The third-order valence-corrected chi connectivity index (χ3v) is 5.32. The maximum Gasteiger partial charge on any atom is 0.288 e. The number of nitro groups is 1. The molecule has 11 heteroatoms. The summed E-state index contributed by atoms with van der Waals surface area (Å²) in [6.45, 7) is 6.13. The average molecular weight is 450 g/mol. The van der Waals surface area contributed by atoms with Gasteiger partial charge in [-0.3, -0.25) is 14.9 Å². The Kier molecular flexibility index (Phi) is 6.37. The van der Waals surface area contributed by atoms with Gasteiger partial charge < -0.3 is 20.1 Å². The standard InChI is InChI=1S/C19H20ClN5O4S/c1-4-7-24-11(3)16(18(26)21-15-8-10(2)29-23-15)17(22-19(24)30)12-5-6-13(20)14(9-12)25(27)28/h5-6,8-9,17H,4,7H2,1-3H3,(H,22,30)(H,21,23,26)/t17-/m1/s1. The van der Waals surface area contributed by atoms with Crippen LogP contribution in [0.5, 0.6) is 0 Å². The molecule has 1 aliphatic heterocycles. The number of amides is 1. The van der Waals surface area contributed by atoms with E-state index in [4.69, 9.17) is 28.3 Å². The smallest absolute Gasteiger partial charge is 0.288 e. The second kappa shape index (κ2) is 8.80. The first-order valence-corrected chi connectivity index (χ1v) is 9.98. The van der Waals surface area contributed by atoms with Gasteiger partial charge in [0.2, 0.25) is 0 Å². The fourth-order valence-corrected chi connectivity index (χ4v) is 3.81. The van der Waals surface area contributed by atoms with Gasteiger partial charge in [-0.1, -0.05) is 29.7 Å². The van der Waals surface area contributed by atoms with Gasteiger partial charge in [0.25, 0.3) is 11.6 Å². The summed E-state index contributed by atoms with van der Waals surface area (Å²) in [7, 11) is 0. The summed E-state index contributed by atoms with van der Waals surface area (Å²) in [5, 5.41) is 21.4. The molecule has 158 valence electrons. The molecule has 0 radical (unpaired) electrons. The highest BCUT2D eigenvalue weighted by Crippen LogP contribution is 2.35. The van der Waals surface area contributed by atoms with Gasteiger partial charge in [0.05, 0.1) is 16.5 Å². The molecule has 1 aliphatic rings. The minimum absolute atomic E-state index is 0.0134. The minimum atomic E-state index is -0.699. The maximum absolute atomic E-state index is 13.2. The van der Waals surface area contributed by atoms with E-state index in [-0.39, 0.29) is 16.5 Å². The van der Waals surface area contributed by atoms with Gasteiger partial charge in [-0.05, 0) is 44.1 Å². The van der Waals surface area contributed by atoms with Crippen molar-refractivity contribution in [3.05, 3.63) is 62.0 Å². The summed E-state index contributed by atoms with van der Waals surface area (Å²) in [6, 6.07) is 5.31. The highest BCUT2D eigenvalue weighted by Gasteiger charge is 2.34. The first-order valence-electron chi connectivity index (χ1n) is 9.20. The molecule has 1 aromatic heterocycles. The number of carbonyl (C=O) groups excluding carboxylic acids is 1. The normalized spacial score (nSPS) is 16.5. The number of halogens is 1. The summed E-state index contributed by atoms with van der Waals surface area (Å²) in [6.07, 6.45) is 0.813. The van der Waals surface area contributed by atoms with E-state index in [1.54, 1.807) is 26.0 Å². The van der Waals surface area contributed by atoms with Gasteiger partial charge in [-0.25, -0.2) is 0 Å². The first kappa shape index (κ1) is 21.7. The Morgan fingerprint density at radius 1 is 1.43 bits per heavy atom. The number of aryl methyl sites for hydroxylation is 1. The predicted molar refractivity (Wildman–Crippen MR) is 116 cm³/mol. The van der Waals surface area contributed by atoms with E-state index in [2.05, 4.69) is 15.8 Å². The number of allylic oxidation sites excluding steroid dienone is 1. The number of anilines is 1. The summed E-state index contributed by atoms with van der Waals surface area (Å²) in [4.78, 5) is 25.8. The summed E-state index contributed by atoms with van der Waals surface area (Å²) < 4.78 is 5.01. The second-order valence-electron chi connectivity index (χ2n) is 6.78. The SMILES string of the molecule is CCCN1C(=S)N[C@H](c2ccc(Cl)c([N+](=O)[O-])c2)C(C(=O)Nc2cc(C)on2)=C1C. The monoisotopic (exact) mass is 449 g/mol. The first-order chi connectivity index (χ1) is 14.2.